The van der Waals surface area contributed by atoms with Crippen LogP contribution in [0.3, 0.4) is 0 Å². The topological polar surface area (TPSA) is 112 Å². The summed E-state index contributed by atoms with van der Waals surface area (Å²) in [5.41, 5.74) is 0.711. The maximum absolute atomic E-state index is 12.5. The van der Waals surface area contributed by atoms with Crippen LogP contribution in [0.1, 0.15) is 0 Å². The van der Waals surface area contributed by atoms with Crippen LogP contribution in [-0.2, 0) is 11.3 Å². The Bertz CT molecular complexity index is 988. The van der Waals surface area contributed by atoms with Crippen molar-refractivity contribution in [2.75, 3.05) is 37.7 Å². The van der Waals surface area contributed by atoms with Crippen LogP contribution in [0.25, 0.3) is 0 Å². The zero-order valence-corrected chi connectivity index (χ0v) is 16.5. The molecule has 0 radical (unpaired) electrons. The third-order valence-corrected chi connectivity index (χ3v) is 4.95. The van der Waals surface area contributed by atoms with Crippen LogP contribution in [-0.4, -0.2) is 70.7 Å². The molecule has 172 valence electrons. The summed E-state index contributed by atoms with van der Waals surface area (Å²) < 4.78 is 52.9. The van der Waals surface area contributed by atoms with E-state index in [1.165, 1.54) is 39.9 Å². The second-order valence-corrected chi connectivity index (χ2v) is 7.12. The summed E-state index contributed by atoms with van der Waals surface area (Å²) in [4.78, 5) is 29.9. The van der Waals surface area contributed by atoms with Crippen molar-refractivity contribution in [2.45, 2.75) is 19.0 Å². The number of fused-ring (bicyclic) bond motifs is 1. The molecule has 2 aromatic rings. The van der Waals surface area contributed by atoms with E-state index < -0.39 is 23.5 Å². The minimum atomic E-state index is -4.75. The minimum Gasteiger partial charge on any atom is -0.442 e. The molecule has 1 saturated heterocycles. The Morgan fingerprint density at radius 3 is 2.50 bits per heavy atom. The molecule has 4 rings (SSSR count). The average Bonchev–Trinajstić information content (AvgIpc) is 3.17. The molecular formula is C18H18F3N5O6. The van der Waals surface area contributed by atoms with Gasteiger partial charge in [-0.25, -0.2) is 4.79 Å². The number of ether oxygens (including phenoxy) is 3. The lowest BCUT2D eigenvalue weighted by atomic mass is 10.2. The first-order valence-electron chi connectivity index (χ1n) is 9.58. The van der Waals surface area contributed by atoms with Crippen molar-refractivity contribution in [1.29, 1.82) is 0 Å². The monoisotopic (exact) mass is 457 g/mol. The molecule has 0 bridgehead atoms. The lowest BCUT2D eigenvalue weighted by molar-refractivity contribution is -0.389. The van der Waals surface area contributed by atoms with Gasteiger partial charge in [-0.3, -0.25) is 4.57 Å². The number of hydrogen-bond donors (Lipinski definition) is 0. The van der Waals surface area contributed by atoms with Crippen molar-refractivity contribution in [3.63, 3.8) is 0 Å². The Labute approximate surface area is 179 Å². The van der Waals surface area contributed by atoms with Crippen molar-refractivity contribution >= 4 is 17.6 Å². The summed E-state index contributed by atoms with van der Waals surface area (Å²) in [6, 6.07) is 5.62. The van der Waals surface area contributed by atoms with Gasteiger partial charge in [-0.05, 0) is 29.2 Å². The minimum absolute atomic E-state index is 0.0339. The smallest absolute Gasteiger partial charge is 0.442 e. The third kappa shape index (κ3) is 4.95. The number of anilines is 1. The molecule has 1 aromatic heterocycles. The summed E-state index contributed by atoms with van der Waals surface area (Å²) in [5.74, 6) is -0.648. The second kappa shape index (κ2) is 8.43. The molecule has 0 N–H and O–H groups in total. The number of imidazole rings is 1. The van der Waals surface area contributed by atoms with Crippen LogP contribution in [0.15, 0.2) is 30.5 Å². The third-order valence-electron chi connectivity index (χ3n) is 4.95. The number of benzene rings is 1. The van der Waals surface area contributed by atoms with E-state index in [2.05, 4.69) is 9.72 Å². The first-order valence-corrected chi connectivity index (χ1v) is 9.58. The van der Waals surface area contributed by atoms with E-state index in [0.717, 1.165) is 0 Å². The van der Waals surface area contributed by atoms with Crippen LogP contribution in [0.5, 0.6) is 11.8 Å². The molecule has 14 heteroatoms. The number of halogens is 3. The molecule has 2 aliphatic heterocycles. The predicted molar refractivity (Wildman–Crippen MR) is 102 cm³/mol. The Balaban J connectivity index is 1.27. The molecule has 1 amide bonds. The van der Waals surface area contributed by atoms with E-state index in [1.54, 1.807) is 0 Å². The van der Waals surface area contributed by atoms with Gasteiger partial charge in [0.05, 0.1) is 6.54 Å². The summed E-state index contributed by atoms with van der Waals surface area (Å²) in [5, 5.41) is 10.8. The maximum atomic E-state index is 12.5. The molecule has 0 saturated carbocycles. The van der Waals surface area contributed by atoms with Crippen LogP contribution < -0.4 is 14.4 Å². The van der Waals surface area contributed by atoms with Gasteiger partial charge in [0.1, 0.15) is 18.6 Å². The fourth-order valence-electron chi connectivity index (χ4n) is 3.45. The molecular weight excluding hydrogens is 439 g/mol. The van der Waals surface area contributed by atoms with E-state index >= 15 is 0 Å². The van der Waals surface area contributed by atoms with Crippen LogP contribution in [0, 0.1) is 10.1 Å². The van der Waals surface area contributed by atoms with Crippen LogP contribution in [0.4, 0.5) is 29.5 Å². The fourth-order valence-corrected chi connectivity index (χ4v) is 3.45. The zero-order chi connectivity index (χ0) is 22.9. The van der Waals surface area contributed by atoms with Crippen LogP contribution in [0.2, 0.25) is 0 Å². The van der Waals surface area contributed by atoms with Crippen molar-refractivity contribution in [3.05, 3.63) is 40.6 Å². The van der Waals surface area contributed by atoms with E-state index in [9.17, 15) is 28.1 Å². The quantitative estimate of drug-likeness (QED) is 0.508. The predicted octanol–water partition coefficient (Wildman–Crippen LogP) is 2.41. The number of piperazine rings is 1. The molecule has 3 heterocycles. The number of nitrogens with zero attached hydrogens (tertiary/aromatic N) is 5. The fraction of sp³-hybridized carbons (Fsp3) is 0.444. The number of aromatic nitrogens is 2. The first-order chi connectivity index (χ1) is 15.2. The number of carbonyl (C=O) groups is 1. The summed E-state index contributed by atoms with van der Waals surface area (Å²) >= 11 is 0. The van der Waals surface area contributed by atoms with Gasteiger partial charge in [0, 0.05) is 36.9 Å². The van der Waals surface area contributed by atoms with Gasteiger partial charge in [-0.1, -0.05) is 0 Å². The molecule has 1 atom stereocenters. The second-order valence-electron chi connectivity index (χ2n) is 7.12. The van der Waals surface area contributed by atoms with Crippen molar-refractivity contribution < 1.29 is 37.1 Å². The number of amides is 1. The zero-order valence-electron chi connectivity index (χ0n) is 16.5. The number of carbonyl (C=O) groups excluding carboxylic acids is 1. The molecule has 1 fully saturated rings. The number of nitro groups is 1. The number of hydrogen-bond acceptors (Lipinski definition) is 8. The highest BCUT2D eigenvalue weighted by Crippen LogP contribution is 2.26. The van der Waals surface area contributed by atoms with Gasteiger partial charge in [0.15, 0.2) is 6.10 Å². The Morgan fingerprint density at radius 1 is 1.19 bits per heavy atom. The highest BCUT2D eigenvalue weighted by molar-refractivity contribution is 5.68. The molecule has 0 spiro atoms. The van der Waals surface area contributed by atoms with Gasteiger partial charge in [0.2, 0.25) is 0 Å². The van der Waals surface area contributed by atoms with Gasteiger partial charge < -0.3 is 34.1 Å². The van der Waals surface area contributed by atoms with Gasteiger partial charge in [0.25, 0.3) is 0 Å². The first kappa shape index (κ1) is 21.5. The Kier molecular flexibility index (Phi) is 5.67. The average molecular weight is 457 g/mol. The van der Waals surface area contributed by atoms with Crippen LogP contribution >= 0.6 is 0 Å². The molecule has 0 unspecified atom stereocenters. The van der Waals surface area contributed by atoms with Crippen molar-refractivity contribution in [2.24, 2.45) is 0 Å². The largest absolute Gasteiger partial charge is 0.573 e. The number of rotatable bonds is 4. The summed E-state index contributed by atoms with van der Waals surface area (Å²) in [6.45, 7) is 1.87. The molecule has 11 nitrogen and oxygen atoms in total. The van der Waals surface area contributed by atoms with E-state index in [-0.39, 0.29) is 30.7 Å². The van der Waals surface area contributed by atoms with E-state index in [1.807, 2.05) is 4.90 Å². The van der Waals surface area contributed by atoms with Gasteiger partial charge >= 0.3 is 24.3 Å². The summed E-state index contributed by atoms with van der Waals surface area (Å²) in [7, 11) is 0. The highest BCUT2D eigenvalue weighted by Gasteiger charge is 2.32. The van der Waals surface area contributed by atoms with E-state index in [4.69, 9.17) is 9.47 Å². The van der Waals surface area contributed by atoms with E-state index in [0.29, 0.717) is 31.9 Å². The van der Waals surface area contributed by atoms with Gasteiger partial charge in [-0.15, -0.1) is 13.2 Å². The molecule has 32 heavy (non-hydrogen) atoms. The lowest BCUT2D eigenvalue weighted by Gasteiger charge is -2.36. The standard InChI is InChI=1S/C18H18F3N5O6/c19-18(20,21)32-13-3-1-12(2-4-13)23-5-7-24(8-6-23)17(27)31-14-9-25-10-15(26(28)29)22-16(25)30-11-14/h1-4,10,14H,5-9,11H2/t14-/m1/s1. The Morgan fingerprint density at radius 2 is 1.88 bits per heavy atom. The normalized spacial score (nSPS) is 18.5. The van der Waals surface area contributed by atoms with Gasteiger partial charge in [-0.2, -0.15) is 0 Å². The molecule has 0 aliphatic carbocycles. The van der Waals surface area contributed by atoms with Crippen molar-refractivity contribution in [1.82, 2.24) is 14.5 Å². The molecule has 1 aromatic carbocycles. The Hall–Kier alpha value is -3.71. The molecule has 2 aliphatic rings. The summed E-state index contributed by atoms with van der Waals surface area (Å²) in [6.07, 6.45) is -4.68. The SMILES string of the molecule is O=C(O[C@H]1COc2nc([N+](=O)[O-])cn2C1)N1CCN(c2ccc(OC(F)(F)F)cc2)CC1. The highest BCUT2D eigenvalue weighted by atomic mass is 19.4. The number of alkyl halides is 3. The maximum Gasteiger partial charge on any atom is 0.573 e. The van der Waals surface area contributed by atoms with Crippen molar-refractivity contribution in [3.8, 4) is 11.8 Å². The lowest BCUT2D eigenvalue weighted by Crippen LogP contribution is -2.50.